The summed E-state index contributed by atoms with van der Waals surface area (Å²) in [6.07, 6.45) is 1.59. The molecule has 0 atom stereocenters. The predicted molar refractivity (Wildman–Crippen MR) is 113 cm³/mol. The molecule has 0 radical (unpaired) electrons. The molecule has 7 nitrogen and oxygen atoms in total. The van der Waals surface area contributed by atoms with Gasteiger partial charge in [0.05, 0.1) is 12.5 Å². The van der Waals surface area contributed by atoms with Crippen molar-refractivity contribution in [1.29, 1.82) is 0 Å². The number of rotatable bonds is 5. The van der Waals surface area contributed by atoms with Crippen molar-refractivity contribution in [3.63, 3.8) is 0 Å². The third kappa shape index (κ3) is 5.14. The topological polar surface area (TPSA) is 72.4 Å². The van der Waals surface area contributed by atoms with E-state index in [4.69, 9.17) is 14.2 Å². The first-order valence-corrected chi connectivity index (χ1v) is 10.5. The molecule has 3 rings (SSSR count). The molecule has 2 aliphatic heterocycles. The van der Waals surface area contributed by atoms with Crippen molar-refractivity contribution >= 4 is 11.9 Å². The number of piperidine rings is 1. The number of nitrogens with one attached hydrogen (secondary N) is 1. The Morgan fingerprint density at radius 3 is 2.59 bits per heavy atom. The van der Waals surface area contributed by atoms with Crippen LogP contribution in [-0.2, 0) is 14.9 Å². The van der Waals surface area contributed by atoms with E-state index in [0.717, 1.165) is 49.9 Å². The van der Waals surface area contributed by atoms with Gasteiger partial charge in [-0.3, -0.25) is 9.79 Å². The number of carbonyl (C=O) groups is 1. The number of ether oxygens (including phenoxy) is 3. The number of carbonyl (C=O) groups excluding carboxylic acids is 1. The number of nitrogens with zero attached hydrogens (tertiary/aromatic N) is 2. The normalized spacial score (nSPS) is 17.8. The van der Waals surface area contributed by atoms with Gasteiger partial charge in [-0.1, -0.05) is 19.9 Å². The summed E-state index contributed by atoms with van der Waals surface area (Å²) < 4.78 is 16.5. The van der Waals surface area contributed by atoms with Crippen LogP contribution in [0.25, 0.3) is 0 Å². The van der Waals surface area contributed by atoms with Gasteiger partial charge < -0.3 is 24.4 Å². The van der Waals surface area contributed by atoms with E-state index in [9.17, 15) is 4.79 Å². The minimum Gasteiger partial charge on any atom is -0.486 e. The standard InChI is InChI=1S/C22H33N3O4/c1-5-27-20(26)16-8-10-25(11-9-16)21(23-4)24-15-22(2,3)17-6-7-18-19(14-17)29-13-12-28-18/h6-7,14,16H,5,8-13,15H2,1-4H3,(H,23,24). The second kappa shape index (κ2) is 9.37. The monoisotopic (exact) mass is 403 g/mol. The van der Waals surface area contributed by atoms with Crippen molar-refractivity contribution in [2.75, 3.05) is 46.5 Å². The van der Waals surface area contributed by atoms with E-state index in [0.29, 0.717) is 19.8 Å². The quantitative estimate of drug-likeness (QED) is 0.463. The van der Waals surface area contributed by atoms with Crippen molar-refractivity contribution in [3.8, 4) is 11.5 Å². The average molecular weight is 404 g/mol. The number of fused-ring (bicyclic) bond motifs is 1. The lowest BCUT2D eigenvalue weighted by molar-refractivity contribution is -0.149. The van der Waals surface area contributed by atoms with Gasteiger partial charge in [0, 0.05) is 32.1 Å². The van der Waals surface area contributed by atoms with Gasteiger partial charge in [-0.05, 0) is 37.5 Å². The van der Waals surface area contributed by atoms with Crippen LogP contribution in [0, 0.1) is 5.92 Å². The van der Waals surface area contributed by atoms with Gasteiger partial charge in [-0.25, -0.2) is 0 Å². The maximum atomic E-state index is 12.0. The van der Waals surface area contributed by atoms with Crippen molar-refractivity contribution in [3.05, 3.63) is 23.8 Å². The smallest absolute Gasteiger partial charge is 0.309 e. The Hall–Kier alpha value is -2.44. The van der Waals surface area contributed by atoms with Crippen LogP contribution in [0.2, 0.25) is 0 Å². The number of guanidine groups is 1. The Bertz CT molecular complexity index is 740. The lowest BCUT2D eigenvalue weighted by atomic mass is 9.84. The van der Waals surface area contributed by atoms with Gasteiger partial charge in [0.2, 0.25) is 0 Å². The Morgan fingerprint density at radius 1 is 1.24 bits per heavy atom. The number of aliphatic imine (C=N–C) groups is 1. The number of esters is 1. The molecule has 1 aromatic rings. The van der Waals surface area contributed by atoms with E-state index in [-0.39, 0.29) is 17.3 Å². The highest BCUT2D eigenvalue weighted by Gasteiger charge is 2.29. The Labute approximate surface area is 173 Å². The van der Waals surface area contributed by atoms with Crippen LogP contribution in [0.4, 0.5) is 0 Å². The molecule has 1 saturated heterocycles. The maximum absolute atomic E-state index is 12.0. The second-order valence-corrected chi connectivity index (χ2v) is 8.16. The molecule has 1 aromatic carbocycles. The molecule has 0 aromatic heterocycles. The molecule has 0 saturated carbocycles. The predicted octanol–water partition coefficient (Wildman–Crippen LogP) is 2.59. The molecule has 2 aliphatic rings. The van der Waals surface area contributed by atoms with Crippen molar-refractivity contribution in [2.45, 2.75) is 39.0 Å². The molecule has 0 bridgehead atoms. The molecule has 29 heavy (non-hydrogen) atoms. The molecule has 0 unspecified atom stereocenters. The van der Waals surface area contributed by atoms with Crippen LogP contribution < -0.4 is 14.8 Å². The average Bonchev–Trinajstić information content (AvgIpc) is 2.74. The second-order valence-electron chi connectivity index (χ2n) is 8.16. The molecule has 1 fully saturated rings. The summed E-state index contributed by atoms with van der Waals surface area (Å²) in [5.74, 6) is 2.42. The van der Waals surface area contributed by atoms with E-state index in [1.807, 2.05) is 13.0 Å². The van der Waals surface area contributed by atoms with Crippen LogP contribution in [0.15, 0.2) is 23.2 Å². The fraction of sp³-hybridized carbons (Fsp3) is 0.636. The molecule has 0 amide bonds. The minimum absolute atomic E-state index is 0.00142. The SMILES string of the molecule is CCOC(=O)C1CCN(C(=NC)NCC(C)(C)c2ccc3c(c2)OCCO3)CC1. The fourth-order valence-electron chi connectivity index (χ4n) is 3.79. The van der Waals surface area contributed by atoms with Gasteiger partial charge in [-0.15, -0.1) is 0 Å². The summed E-state index contributed by atoms with van der Waals surface area (Å²) in [7, 11) is 1.80. The van der Waals surface area contributed by atoms with Gasteiger partial charge in [0.1, 0.15) is 13.2 Å². The first-order chi connectivity index (χ1) is 13.9. The molecule has 0 spiro atoms. The third-order valence-electron chi connectivity index (χ3n) is 5.64. The highest BCUT2D eigenvalue weighted by Crippen LogP contribution is 2.35. The van der Waals surface area contributed by atoms with E-state index in [1.54, 1.807) is 7.05 Å². The largest absolute Gasteiger partial charge is 0.486 e. The summed E-state index contributed by atoms with van der Waals surface area (Å²) in [5, 5.41) is 3.51. The Morgan fingerprint density at radius 2 is 1.93 bits per heavy atom. The lowest BCUT2D eigenvalue weighted by Crippen LogP contribution is -2.49. The van der Waals surface area contributed by atoms with E-state index < -0.39 is 0 Å². The highest BCUT2D eigenvalue weighted by molar-refractivity contribution is 5.80. The Kier molecular flexibility index (Phi) is 6.87. The summed E-state index contributed by atoms with van der Waals surface area (Å²) in [4.78, 5) is 18.6. The molecule has 2 heterocycles. The van der Waals surface area contributed by atoms with Crippen molar-refractivity contribution in [1.82, 2.24) is 10.2 Å². The number of likely N-dealkylation sites (tertiary alicyclic amines) is 1. The summed E-state index contributed by atoms with van der Waals surface area (Å²) in [6, 6.07) is 6.16. The van der Waals surface area contributed by atoms with Gasteiger partial charge in [-0.2, -0.15) is 0 Å². The summed E-state index contributed by atoms with van der Waals surface area (Å²) in [5.41, 5.74) is 1.07. The first-order valence-electron chi connectivity index (χ1n) is 10.5. The molecule has 0 aliphatic carbocycles. The first kappa shape index (κ1) is 21.3. The number of benzene rings is 1. The van der Waals surface area contributed by atoms with Gasteiger partial charge in [0.15, 0.2) is 17.5 Å². The van der Waals surface area contributed by atoms with Crippen LogP contribution in [0.5, 0.6) is 11.5 Å². The van der Waals surface area contributed by atoms with E-state index in [2.05, 4.69) is 41.2 Å². The summed E-state index contributed by atoms with van der Waals surface area (Å²) >= 11 is 0. The third-order valence-corrected chi connectivity index (χ3v) is 5.64. The zero-order valence-electron chi connectivity index (χ0n) is 18.0. The molecule has 7 heteroatoms. The number of hydrogen-bond donors (Lipinski definition) is 1. The van der Waals surface area contributed by atoms with Crippen LogP contribution in [-0.4, -0.2) is 63.3 Å². The van der Waals surface area contributed by atoms with E-state index in [1.165, 1.54) is 5.56 Å². The van der Waals surface area contributed by atoms with Crippen molar-refractivity contribution in [2.24, 2.45) is 10.9 Å². The van der Waals surface area contributed by atoms with Crippen molar-refractivity contribution < 1.29 is 19.0 Å². The zero-order valence-corrected chi connectivity index (χ0v) is 18.0. The lowest BCUT2D eigenvalue weighted by Gasteiger charge is -2.35. The van der Waals surface area contributed by atoms with Gasteiger partial charge >= 0.3 is 5.97 Å². The van der Waals surface area contributed by atoms with Crippen LogP contribution in [0.1, 0.15) is 39.2 Å². The fourth-order valence-corrected chi connectivity index (χ4v) is 3.79. The van der Waals surface area contributed by atoms with Crippen LogP contribution in [0.3, 0.4) is 0 Å². The minimum atomic E-state index is -0.116. The molecular formula is C22H33N3O4. The summed E-state index contributed by atoms with van der Waals surface area (Å²) in [6.45, 7) is 10.2. The molecular weight excluding hydrogens is 370 g/mol. The molecule has 1 N–H and O–H groups in total. The molecule has 160 valence electrons. The van der Waals surface area contributed by atoms with Gasteiger partial charge in [0.25, 0.3) is 0 Å². The maximum Gasteiger partial charge on any atom is 0.309 e. The zero-order chi connectivity index (χ0) is 20.9. The Balaban J connectivity index is 1.57. The number of hydrogen-bond acceptors (Lipinski definition) is 5. The van der Waals surface area contributed by atoms with Crippen LogP contribution >= 0.6 is 0 Å². The highest BCUT2D eigenvalue weighted by atomic mass is 16.6. The van der Waals surface area contributed by atoms with E-state index >= 15 is 0 Å².